The number of carbonyl (C=O) groups excluding carboxylic acids is 1. The molecule has 1 rings (SSSR count). The van der Waals surface area contributed by atoms with Gasteiger partial charge in [0.1, 0.15) is 0 Å². The minimum Gasteiger partial charge on any atom is -0.396 e. The number of carbonyl (C=O) groups is 1. The fraction of sp³-hybridized carbons (Fsp3) is 0.909. The Bertz CT molecular complexity index is 186. The van der Waals surface area contributed by atoms with E-state index in [2.05, 4.69) is 5.32 Å². The first-order valence-corrected chi connectivity index (χ1v) is 5.56. The summed E-state index contributed by atoms with van der Waals surface area (Å²) >= 11 is 0. The highest BCUT2D eigenvalue weighted by molar-refractivity contribution is 5.79. The summed E-state index contributed by atoms with van der Waals surface area (Å²) in [6, 6.07) is 0.357. The highest BCUT2D eigenvalue weighted by Gasteiger charge is 2.24. The molecule has 1 atom stereocenters. The van der Waals surface area contributed by atoms with Crippen LogP contribution in [0.1, 0.15) is 39.5 Å². The predicted molar refractivity (Wildman–Crippen MR) is 55.8 cm³/mol. The molecule has 0 saturated heterocycles. The Hall–Kier alpha value is -0.570. The van der Waals surface area contributed by atoms with E-state index < -0.39 is 0 Å². The molecule has 1 amide bonds. The second kappa shape index (κ2) is 5.35. The minimum absolute atomic E-state index is 0.0226. The van der Waals surface area contributed by atoms with Gasteiger partial charge in [-0.25, -0.2) is 0 Å². The fourth-order valence-corrected chi connectivity index (χ4v) is 1.97. The molecule has 0 aromatic carbocycles. The average Bonchev–Trinajstić information content (AvgIpc) is 2.57. The van der Waals surface area contributed by atoms with Gasteiger partial charge in [-0.15, -0.1) is 0 Å². The smallest absolute Gasteiger partial charge is 0.225 e. The van der Waals surface area contributed by atoms with Gasteiger partial charge in [0.15, 0.2) is 0 Å². The van der Waals surface area contributed by atoms with Crippen LogP contribution in [0.25, 0.3) is 0 Å². The number of hydrogen-bond acceptors (Lipinski definition) is 2. The molecular weight excluding hydrogens is 178 g/mol. The van der Waals surface area contributed by atoms with E-state index in [0.717, 1.165) is 12.8 Å². The zero-order chi connectivity index (χ0) is 10.6. The topological polar surface area (TPSA) is 49.3 Å². The molecule has 0 aromatic rings. The molecule has 14 heavy (non-hydrogen) atoms. The molecule has 0 heterocycles. The Morgan fingerprint density at radius 1 is 1.43 bits per heavy atom. The molecule has 0 aliphatic heterocycles. The first-order chi connectivity index (χ1) is 6.65. The SMILES string of the molecule is CC(C)C(CO)C(=O)NC1CCCC1. The van der Waals surface area contributed by atoms with E-state index in [9.17, 15) is 4.79 Å². The van der Waals surface area contributed by atoms with Crippen LogP contribution in [0.5, 0.6) is 0 Å². The molecule has 0 aromatic heterocycles. The van der Waals surface area contributed by atoms with Gasteiger partial charge in [-0.05, 0) is 18.8 Å². The van der Waals surface area contributed by atoms with Crippen LogP contribution in [0.3, 0.4) is 0 Å². The van der Waals surface area contributed by atoms with Crippen molar-refractivity contribution >= 4 is 5.91 Å². The number of nitrogens with one attached hydrogen (secondary N) is 1. The number of rotatable bonds is 4. The van der Waals surface area contributed by atoms with E-state index in [0.29, 0.717) is 6.04 Å². The lowest BCUT2D eigenvalue weighted by Crippen LogP contribution is -2.40. The van der Waals surface area contributed by atoms with Crippen molar-refractivity contribution in [3.05, 3.63) is 0 Å². The third-order valence-electron chi connectivity index (χ3n) is 3.04. The second-order valence-corrected chi connectivity index (χ2v) is 4.52. The molecule has 1 saturated carbocycles. The van der Waals surface area contributed by atoms with Crippen molar-refractivity contribution in [3.63, 3.8) is 0 Å². The summed E-state index contributed by atoms with van der Waals surface area (Å²) in [6.45, 7) is 3.89. The van der Waals surface area contributed by atoms with Gasteiger partial charge in [-0.3, -0.25) is 4.79 Å². The summed E-state index contributed by atoms with van der Waals surface area (Å²) in [4.78, 5) is 11.7. The summed E-state index contributed by atoms with van der Waals surface area (Å²) in [5.74, 6) is -0.00796. The molecule has 1 aliphatic carbocycles. The van der Waals surface area contributed by atoms with E-state index in [-0.39, 0.29) is 24.3 Å². The van der Waals surface area contributed by atoms with Gasteiger partial charge >= 0.3 is 0 Å². The van der Waals surface area contributed by atoms with Crippen LogP contribution in [-0.2, 0) is 4.79 Å². The molecule has 0 radical (unpaired) electrons. The van der Waals surface area contributed by atoms with Gasteiger partial charge in [0.2, 0.25) is 5.91 Å². The molecule has 3 heteroatoms. The van der Waals surface area contributed by atoms with Crippen molar-refractivity contribution in [1.82, 2.24) is 5.32 Å². The normalized spacial score (nSPS) is 20.0. The summed E-state index contributed by atoms with van der Waals surface area (Å²) < 4.78 is 0. The van der Waals surface area contributed by atoms with Gasteiger partial charge in [-0.2, -0.15) is 0 Å². The van der Waals surface area contributed by atoms with Crippen LogP contribution < -0.4 is 5.32 Å². The van der Waals surface area contributed by atoms with Crippen molar-refractivity contribution in [2.24, 2.45) is 11.8 Å². The van der Waals surface area contributed by atoms with Crippen LogP contribution in [0, 0.1) is 11.8 Å². The average molecular weight is 199 g/mol. The monoisotopic (exact) mass is 199 g/mol. The zero-order valence-electron chi connectivity index (χ0n) is 9.12. The van der Waals surface area contributed by atoms with Crippen molar-refractivity contribution in [2.45, 2.75) is 45.6 Å². The van der Waals surface area contributed by atoms with Crippen molar-refractivity contribution in [3.8, 4) is 0 Å². The van der Waals surface area contributed by atoms with E-state index in [1.165, 1.54) is 12.8 Å². The van der Waals surface area contributed by atoms with Crippen LogP contribution >= 0.6 is 0 Å². The standard InChI is InChI=1S/C11H21NO2/c1-8(2)10(7-13)11(14)12-9-5-3-4-6-9/h8-10,13H,3-7H2,1-2H3,(H,12,14). The highest BCUT2D eigenvalue weighted by Crippen LogP contribution is 2.19. The van der Waals surface area contributed by atoms with Gasteiger partial charge in [0.05, 0.1) is 12.5 Å². The van der Waals surface area contributed by atoms with Gasteiger partial charge < -0.3 is 10.4 Å². The van der Waals surface area contributed by atoms with Gasteiger partial charge in [0, 0.05) is 6.04 Å². The van der Waals surface area contributed by atoms with Crippen LogP contribution in [0.4, 0.5) is 0 Å². The number of amides is 1. The first-order valence-electron chi connectivity index (χ1n) is 5.56. The molecule has 2 N–H and O–H groups in total. The molecule has 1 fully saturated rings. The van der Waals surface area contributed by atoms with Crippen LogP contribution in [0.2, 0.25) is 0 Å². The maximum absolute atomic E-state index is 11.7. The first kappa shape index (κ1) is 11.5. The molecule has 1 unspecified atom stereocenters. The largest absolute Gasteiger partial charge is 0.396 e. The van der Waals surface area contributed by atoms with Crippen molar-refractivity contribution in [2.75, 3.05) is 6.61 Å². The molecular formula is C11H21NO2. The van der Waals surface area contributed by atoms with Gasteiger partial charge in [-0.1, -0.05) is 26.7 Å². The second-order valence-electron chi connectivity index (χ2n) is 4.52. The van der Waals surface area contributed by atoms with Crippen molar-refractivity contribution in [1.29, 1.82) is 0 Å². The van der Waals surface area contributed by atoms with Crippen molar-refractivity contribution < 1.29 is 9.90 Å². The summed E-state index contributed by atoms with van der Waals surface area (Å²) in [7, 11) is 0. The maximum atomic E-state index is 11.7. The van der Waals surface area contributed by atoms with Crippen LogP contribution in [-0.4, -0.2) is 23.7 Å². The third kappa shape index (κ3) is 2.98. The van der Waals surface area contributed by atoms with E-state index in [1.54, 1.807) is 0 Å². The quantitative estimate of drug-likeness (QED) is 0.717. The van der Waals surface area contributed by atoms with E-state index in [4.69, 9.17) is 5.11 Å². The summed E-state index contributed by atoms with van der Waals surface area (Å²) in [5.41, 5.74) is 0. The Morgan fingerprint density at radius 3 is 2.43 bits per heavy atom. The van der Waals surface area contributed by atoms with E-state index >= 15 is 0 Å². The molecule has 0 bridgehead atoms. The highest BCUT2D eigenvalue weighted by atomic mass is 16.3. The number of aliphatic hydroxyl groups is 1. The molecule has 1 aliphatic rings. The van der Waals surface area contributed by atoms with E-state index in [1.807, 2.05) is 13.8 Å². The minimum atomic E-state index is -0.240. The zero-order valence-corrected chi connectivity index (χ0v) is 9.12. The molecule has 0 spiro atoms. The summed E-state index contributed by atoms with van der Waals surface area (Å²) in [5, 5.41) is 12.1. The Balaban J connectivity index is 2.38. The van der Waals surface area contributed by atoms with Crippen LogP contribution in [0.15, 0.2) is 0 Å². The Kier molecular flexibility index (Phi) is 4.39. The maximum Gasteiger partial charge on any atom is 0.225 e. The Morgan fingerprint density at radius 2 is 2.00 bits per heavy atom. The molecule has 82 valence electrons. The molecule has 3 nitrogen and oxygen atoms in total. The fourth-order valence-electron chi connectivity index (χ4n) is 1.97. The lowest BCUT2D eigenvalue weighted by atomic mass is 9.95. The number of aliphatic hydroxyl groups excluding tert-OH is 1. The van der Waals surface area contributed by atoms with Gasteiger partial charge in [0.25, 0.3) is 0 Å². The Labute approximate surface area is 85.9 Å². The predicted octanol–water partition coefficient (Wildman–Crippen LogP) is 1.31. The third-order valence-corrected chi connectivity index (χ3v) is 3.04. The number of hydrogen-bond donors (Lipinski definition) is 2. The lowest BCUT2D eigenvalue weighted by Gasteiger charge is -2.20. The summed E-state index contributed by atoms with van der Waals surface area (Å²) in [6.07, 6.45) is 4.64. The lowest BCUT2D eigenvalue weighted by molar-refractivity contribution is -0.128.